The molecule has 0 unspecified atom stereocenters. The number of hydrogen-bond acceptors (Lipinski definition) is 6. The van der Waals surface area contributed by atoms with Crippen molar-refractivity contribution in [2.24, 2.45) is 0 Å². The van der Waals surface area contributed by atoms with Crippen LogP contribution in [0.15, 0.2) is 60.7 Å². The van der Waals surface area contributed by atoms with E-state index in [0.29, 0.717) is 38.8 Å². The summed E-state index contributed by atoms with van der Waals surface area (Å²) in [6.45, 7) is 0.135. The third-order valence-electron chi connectivity index (χ3n) is 4.57. The number of anilines is 1. The van der Waals surface area contributed by atoms with Crippen LogP contribution in [0.25, 0.3) is 16.7 Å². The SMILES string of the molecule is O=C(NC(=S)Nc1cc2nn(-c3ccccc3)nc2cc1Cl)c1ccc2c(c1)OCO2. The average Bonchev–Trinajstić information content (AvgIpc) is 3.40. The number of rotatable bonds is 3. The van der Waals surface area contributed by atoms with E-state index in [4.69, 9.17) is 33.3 Å². The summed E-state index contributed by atoms with van der Waals surface area (Å²) in [6, 6.07) is 17.9. The number of nitrogens with one attached hydrogen (secondary N) is 2. The van der Waals surface area contributed by atoms with Gasteiger partial charge in [-0.15, -0.1) is 10.2 Å². The van der Waals surface area contributed by atoms with Crippen LogP contribution in [-0.4, -0.2) is 32.8 Å². The van der Waals surface area contributed by atoms with Gasteiger partial charge in [0.05, 0.1) is 16.4 Å². The molecule has 0 saturated heterocycles. The minimum Gasteiger partial charge on any atom is -0.454 e. The predicted octanol–water partition coefficient (Wildman–Crippen LogP) is 3.93. The number of para-hydroxylation sites is 1. The Morgan fingerprint density at radius 1 is 1.00 bits per heavy atom. The van der Waals surface area contributed by atoms with Gasteiger partial charge in [0.15, 0.2) is 16.6 Å². The Labute approximate surface area is 186 Å². The van der Waals surface area contributed by atoms with E-state index in [1.54, 1.807) is 30.3 Å². The van der Waals surface area contributed by atoms with Gasteiger partial charge in [-0.2, -0.15) is 4.80 Å². The molecule has 0 spiro atoms. The van der Waals surface area contributed by atoms with Crippen molar-refractivity contribution in [3.8, 4) is 17.2 Å². The lowest BCUT2D eigenvalue weighted by Gasteiger charge is -2.11. The molecule has 1 amide bonds. The second-order valence-corrected chi connectivity index (χ2v) is 7.44. The monoisotopic (exact) mass is 451 g/mol. The molecule has 1 aliphatic heterocycles. The van der Waals surface area contributed by atoms with E-state index in [2.05, 4.69) is 20.8 Å². The van der Waals surface area contributed by atoms with Gasteiger partial charge in [0.1, 0.15) is 11.0 Å². The molecule has 10 heteroatoms. The summed E-state index contributed by atoms with van der Waals surface area (Å²) in [5.41, 5.74) is 2.98. The summed E-state index contributed by atoms with van der Waals surface area (Å²) in [4.78, 5) is 14.0. The van der Waals surface area contributed by atoms with Crippen LogP contribution in [0.1, 0.15) is 10.4 Å². The molecule has 0 bridgehead atoms. The van der Waals surface area contributed by atoms with Gasteiger partial charge in [-0.05, 0) is 54.7 Å². The van der Waals surface area contributed by atoms with Crippen molar-refractivity contribution in [1.29, 1.82) is 0 Å². The van der Waals surface area contributed by atoms with Crippen molar-refractivity contribution in [3.05, 3.63) is 71.2 Å². The third-order valence-corrected chi connectivity index (χ3v) is 5.08. The van der Waals surface area contributed by atoms with Crippen LogP contribution in [0.3, 0.4) is 0 Å². The molecule has 3 aromatic carbocycles. The number of carbonyl (C=O) groups is 1. The summed E-state index contributed by atoms with van der Waals surface area (Å²) in [5, 5.41) is 15.0. The minimum absolute atomic E-state index is 0.0966. The molecule has 154 valence electrons. The van der Waals surface area contributed by atoms with E-state index in [1.807, 2.05) is 30.3 Å². The van der Waals surface area contributed by atoms with E-state index in [0.717, 1.165) is 5.69 Å². The van der Waals surface area contributed by atoms with Crippen molar-refractivity contribution >= 4 is 51.6 Å². The Hall–Kier alpha value is -3.69. The van der Waals surface area contributed by atoms with Gasteiger partial charge in [-0.3, -0.25) is 10.1 Å². The van der Waals surface area contributed by atoms with E-state index in [9.17, 15) is 4.79 Å². The Morgan fingerprint density at radius 2 is 1.74 bits per heavy atom. The normalized spacial score (nSPS) is 12.0. The molecule has 1 aromatic heterocycles. The van der Waals surface area contributed by atoms with Crippen molar-refractivity contribution in [3.63, 3.8) is 0 Å². The average molecular weight is 452 g/mol. The van der Waals surface area contributed by atoms with Gasteiger partial charge in [-0.25, -0.2) is 0 Å². The number of fused-ring (bicyclic) bond motifs is 2. The van der Waals surface area contributed by atoms with Gasteiger partial charge in [0.25, 0.3) is 5.91 Å². The van der Waals surface area contributed by atoms with Crippen molar-refractivity contribution in [1.82, 2.24) is 20.3 Å². The molecule has 5 rings (SSSR count). The van der Waals surface area contributed by atoms with Crippen LogP contribution < -0.4 is 20.1 Å². The predicted molar refractivity (Wildman–Crippen MR) is 120 cm³/mol. The van der Waals surface area contributed by atoms with Crippen molar-refractivity contribution < 1.29 is 14.3 Å². The van der Waals surface area contributed by atoms with E-state index >= 15 is 0 Å². The second-order valence-electron chi connectivity index (χ2n) is 6.62. The maximum absolute atomic E-state index is 12.5. The summed E-state index contributed by atoms with van der Waals surface area (Å²) >= 11 is 11.7. The molecular weight excluding hydrogens is 438 g/mol. The largest absolute Gasteiger partial charge is 0.454 e. The molecule has 2 heterocycles. The van der Waals surface area contributed by atoms with E-state index in [1.165, 1.54) is 4.80 Å². The van der Waals surface area contributed by atoms with Gasteiger partial charge in [0.2, 0.25) is 6.79 Å². The minimum atomic E-state index is -0.386. The highest BCUT2D eigenvalue weighted by molar-refractivity contribution is 7.80. The number of halogens is 1. The summed E-state index contributed by atoms with van der Waals surface area (Å²) in [7, 11) is 0. The van der Waals surface area contributed by atoms with E-state index in [-0.39, 0.29) is 17.8 Å². The van der Waals surface area contributed by atoms with Gasteiger partial charge in [-0.1, -0.05) is 29.8 Å². The zero-order valence-corrected chi connectivity index (χ0v) is 17.4. The topological polar surface area (TPSA) is 90.3 Å². The van der Waals surface area contributed by atoms with Crippen molar-refractivity contribution in [2.45, 2.75) is 0 Å². The number of amides is 1. The smallest absolute Gasteiger partial charge is 0.257 e. The highest BCUT2D eigenvalue weighted by atomic mass is 35.5. The van der Waals surface area contributed by atoms with Crippen LogP contribution in [0.2, 0.25) is 5.02 Å². The van der Waals surface area contributed by atoms with Gasteiger partial charge in [0, 0.05) is 5.56 Å². The Kier molecular flexibility index (Phi) is 4.89. The lowest BCUT2D eigenvalue weighted by molar-refractivity contribution is 0.0977. The molecular formula is C21H14ClN5O3S. The standard InChI is InChI=1S/C21H14ClN5O3S/c22-14-9-16-17(26-27(25-16)13-4-2-1-3-5-13)10-15(14)23-21(31)24-20(28)12-6-7-18-19(8-12)30-11-29-18/h1-10H,11H2,(H2,23,24,28,31). The maximum atomic E-state index is 12.5. The lowest BCUT2D eigenvalue weighted by atomic mass is 10.2. The first-order chi connectivity index (χ1) is 15.1. The van der Waals surface area contributed by atoms with Gasteiger partial charge >= 0.3 is 0 Å². The zero-order valence-electron chi connectivity index (χ0n) is 15.8. The molecule has 2 N–H and O–H groups in total. The number of aromatic nitrogens is 3. The molecule has 0 saturated carbocycles. The number of nitrogens with zero attached hydrogens (tertiary/aromatic N) is 3. The molecule has 0 aliphatic carbocycles. The fourth-order valence-corrected chi connectivity index (χ4v) is 3.48. The summed E-state index contributed by atoms with van der Waals surface area (Å²) in [6.07, 6.45) is 0. The third kappa shape index (κ3) is 3.88. The molecule has 31 heavy (non-hydrogen) atoms. The number of thiocarbonyl (C=S) groups is 1. The number of carbonyl (C=O) groups excluding carboxylic acids is 1. The Morgan fingerprint density at radius 3 is 2.55 bits per heavy atom. The Bertz CT molecular complexity index is 1330. The fourth-order valence-electron chi connectivity index (χ4n) is 3.08. The van der Waals surface area contributed by atoms with Crippen LogP contribution in [0, 0.1) is 0 Å². The Balaban J connectivity index is 1.33. The molecule has 8 nitrogen and oxygen atoms in total. The number of benzene rings is 3. The second kappa shape index (κ2) is 7.86. The number of hydrogen-bond donors (Lipinski definition) is 2. The highest BCUT2D eigenvalue weighted by Gasteiger charge is 2.17. The molecule has 4 aromatic rings. The lowest BCUT2D eigenvalue weighted by Crippen LogP contribution is -2.34. The molecule has 0 fully saturated rings. The quantitative estimate of drug-likeness (QED) is 0.456. The van der Waals surface area contributed by atoms with Crippen LogP contribution in [0.5, 0.6) is 11.5 Å². The van der Waals surface area contributed by atoms with Crippen LogP contribution >= 0.6 is 23.8 Å². The van der Waals surface area contributed by atoms with Gasteiger partial charge < -0.3 is 14.8 Å². The van der Waals surface area contributed by atoms with E-state index < -0.39 is 0 Å². The fraction of sp³-hybridized carbons (Fsp3) is 0.0476. The van der Waals surface area contributed by atoms with Crippen LogP contribution in [0.4, 0.5) is 5.69 Å². The highest BCUT2D eigenvalue weighted by Crippen LogP contribution is 2.32. The summed E-state index contributed by atoms with van der Waals surface area (Å²) in [5.74, 6) is 0.727. The van der Waals surface area contributed by atoms with Crippen molar-refractivity contribution in [2.75, 3.05) is 12.1 Å². The van der Waals surface area contributed by atoms with Crippen LogP contribution in [-0.2, 0) is 0 Å². The first kappa shape index (κ1) is 19.3. The first-order valence-corrected chi connectivity index (χ1v) is 9.99. The summed E-state index contributed by atoms with van der Waals surface area (Å²) < 4.78 is 10.5. The molecule has 1 aliphatic rings. The maximum Gasteiger partial charge on any atom is 0.257 e. The molecule has 0 radical (unpaired) electrons. The first-order valence-electron chi connectivity index (χ1n) is 9.21. The number of ether oxygens (including phenoxy) is 2. The zero-order chi connectivity index (χ0) is 21.4. The molecule has 0 atom stereocenters.